The number of hydrogen-bond donors (Lipinski definition) is 5. The van der Waals surface area contributed by atoms with Crippen molar-refractivity contribution in [1.82, 2.24) is 15.6 Å². The molecule has 0 aliphatic heterocycles. The molecule has 0 spiro atoms. The summed E-state index contributed by atoms with van der Waals surface area (Å²) in [5.41, 5.74) is 2.61. The maximum Gasteiger partial charge on any atom is 0.255 e. The number of benzene rings is 1. The molecule has 0 radical (unpaired) electrons. The summed E-state index contributed by atoms with van der Waals surface area (Å²) in [6.45, 7) is 5.31. The SMILES string of the molecule is Cc1ccc(C(=O)NC2CC2)cc1-c1cnc(NC(C)(C)CO)c(C(=O)NCCO)c1. The van der Waals surface area contributed by atoms with Crippen molar-refractivity contribution in [3.63, 3.8) is 0 Å². The van der Waals surface area contributed by atoms with Gasteiger partial charge in [0.25, 0.3) is 11.8 Å². The topological polar surface area (TPSA) is 124 Å². The lowest BCUT2D eigenvalue weighted by atomic mass is 9.97. The zero-order valence-corrected chi connectivity index (χ0v) is 18.2. The van der Waals surface area contributed by atoms with E-state index in [0.29, 0.717) is 22.5 Å². The molecule has 2 amide bonds. The van der Waals surface area contributed by atoms with Gasteiger partial charge in [0.15, 0.2) is 0 Å². The highest BCUT2D eigenvalue weighted by Crippen LogP contribution is 2.29. The number of amides is 2. The first-order valence-corrected chi connectivity index (χ1v) is 10.4. The van der Waals surface area contributed by atoms with Crippen molar-refractivity contribution in [2.24, 2.45) is 0 Å². The van der Waals surface area contributed by atoms with E-state index in [4.69, 9.17) is 5.11 Å². The van der Waals surface area contributed by atoms with Crippen molar-refractivity contribution in [2.45, 2.75) is 45.2 Å². The number of nitrogens with one attached hydrogen (secondary N) is 3. The molecule has 1 aliphatic rings. The Balaban J connectivity index is 1.99. The van der Waals surface area contributed by atoms with Crippen LogP contribution in [0.1, 0.15) is 53.0 Å². The zero-order chi connectivity index (χ0) is 22.6. The van der Waals surface area contributed by atoms with Crippen molar-refractivity contribution in [3.8, 4) is 11.1 Å². The number of aromatic nitrogens is 1. The third kappa shape index (κ3) is 5.80. The lowest BCUT2D eigenvalue weighted by molar-refractivity contribution is 0.0939. The van der Waals surface area contributed by atoms with Crippen LogP contribution in [-0.4, -0.2) is 58.4 Å². The maximum atomic E-state index is 12.7. The van der Waals surface area contributed by atoms with Crippen LogP contribution in [0.2, 0.25) is 0 Å². The van der Waals surface area contributed by atoms with Crippen molar-refractivity contribution < 1.29 is 19.8 Å². The molecule has 8 nitrogen and oxygen atoms in total. The number of pyridine rings is 1. The van der Waals surface area contributed by atoms with E-state index in [1.165, 1.54) is 0 Å². The van der Waals surface area contributed by atoms with Gasteiger partial charge in [0.1, 0.15) is 5.82 Å². The fourth-order valence-corrected chi connectivity index (χ4v) is 3.08. The fraction of sp³-hybridized carbons (Fsp3) is 0.435. The Morgan fingerprint density at radius 3 is 2.55 bits per heavy atom. The number of rotatable bonds is 9. The maximum absolute atomic E-state index is 12.7. The number of aliphatic hydroxyl groups is 2. The van der Waals surface area contributed by atoms with Crippen LogP contribution in [0, 0.1) is 6.92 Å². The van der Waals surface area contributed by atoms with Gasteiger partial charge >= 0.3 is 0 Å². The Kier molecular flexibility index (Phi) is 6.92. The standard InChI is InChI=1S/C23H30N4O4/c1-14-4-5-15(21(30)26-17-6-7-17)10-18(14)16-11-19(22(31)24-8-9-28)20(25-12-16)27-23(2,3)13-29/h4-5,10-12,17,28-29H,6-9,13H2,1-3H3,(H,24,31)(H,25,27)(H,26,30). The molecular weight excluding hydrogens is 396 g/mol. The largest absolute Gasteiger partial charge is 0.395 e. The van der Waals surface area contributed by atoms with Crippen molar-refractivity contribution in [1.29, 1.82) is 0 Å². The van der Waals surface area contributed by atoms with Gasteiger partial charge in [-0.05, 0) is 62.9 Å². The first-order chi connectivity index (χ1) is 14.7. The molecule has 8 heteroatoms. The van der Waals surface area contributed by atoms with Gasteiger partial charge in [-0.25, -0.2) is 4.98 Å². The van der Waals surface area contributed by atoms with Gasteiger partial charge in [-0.1, -0.05) is 6.07 Å². The number of carbonyl (C=O) groups excluding carboxylic acids is 2. The van der Waals surface area contributed by atoms with Crippen LogP contribution in [0.3, 0.4) is 0 Å². The first kappa shape index (κ1) is 22.7. The van der Waals surface area contributed by atoms with E-state index in [0.717, 1.165) is 24.0 Å². The fourth-order valence-electron chi connectivity index (χ4n) is 3.08. The van der Waals surface area contributed by atoms with Gasteiger partial charge in [0.05, 0.1) is 24.3 Å². The van der Waals surface area contributed by atoms with Crippen LogP contribution in [0.4, 0.5) is 5.82 Å². The van der Waals surface area contributed by atoms with Crippen LogP contribution in [0.15, 0.2) is 30.5 Å². The normalized spacial score (nSPS) is 13.6. The first-order valence-electron chi connectivity index (χ1n) is 10.4. The number of nitrogens with zero attached hydrogens (tertiary/aromatic N) is 1. The molecule has 1 saturated carbocycles. The van der Waals surface area contributed by atoms with Gasteiger partial charge in [-0.15, -0.1) is 0 Å². The molecular formula is C23H30N4O4. The average molecular weight is 427 g/mol. The zero-order valence-electron chi connectivity index (χ0n) is 18.2. The van der Waals surface area contributed by atoms with Crippen LogP contribution >= 0.6 is 0 Å². The summed E-state index contributed by atoms with van der Waals surface area (Å²) in [6, 6.07) is 7.45. The predicted octanol–water partition coefficient (Wildman–Crippen LogP) is 1.85. The molecule has 31 heavy (non-hydrogen) atoms. The Hall–Kier alpha value is -2.97. The summed E-state index contributed by atoms with van der Waals surface area (Å²) >= 11 is 0. The number of aliphatic hydroxyl groups excluding tert-OH is 2. The monoisotopic (exact) mass is 426 g/mol. The molecule has 0 bridgehead atoms. The second-order valence-electron chi connectivity index (χ2n) is 8.54. The third-order valence-corrected chi connectivity index (χ3v) is 5.11. The highest BCUT2D eigenvalue weighted by molar-refractivity contribution is 6.00. The van der Waals surface area contributed by atoms with E-state index in [9.17, 15) is 14.7 Å². The van der Waals surface area contributed by atoms with Gasteiger partial charge in [-0.2, -0.15) is 0 Å². The lowest BCUT2D eigenvalue weighted by Crippen LogP contribution is -2.37. The predicted molar refractivity (Wildman–Crippen MR) is 119 cm³/mol. The molecule has 2 aromatic rings. The Bertz CT molecular complexity index is 970. The highest BCUT2D eigenvalue weighted by Gasteiger charge is 2.25. The van der Waals surface area contributed by atoms with Crippen LogP contribution in [-0.2, 0) is 0 Å². The number of anilines is 1. The summed E-state index contributed by atoms with van der Waals surface area (Å²) in [5.74, 6) is -0.168. The molecule has 166 valence electrons. The molecule has 0 atom stereocenters. The summed E-state index contributed by atoms with van der Waals surface area (Å²) < 4.78 is 0. The third-order valence-electron chi connectivity index (χ3n) is 5.11. The number of hydrogen-bond acceptors (Lipinski definition) is 6. The lowest BCUT2D eigenvalue weighted by Gasteiger charge is -2.25. The van der Waals surface area contributed by atoms with Gasteiger partial charge in [0.2, 0.25) is 0 Å². The minimum Gasteiger partial charge on any atom is -0.395 e. The molecule has 0 unspecified atom stereocenters. The summed E-state index contributed by atoms with van der Waals surface area (Å²) in [6.07, 6.45) is 3.67. The summed E-state index contributed by atoms with van der Waals surface area (Å²) in [7, 11) is 0. The molecule has 3 rings (SSSR count). The minimum atomic E-state index is -0.683. The molecule has 1 heterocycles. The van der Waals surface area contributed by atoms with E-state index in [2.05, 4.69) is 20.9 Å². The van der Waals surface area contributed by atoms with Crippen LogP contribution < -0.4 is 16.0 Å². The summed E-state index contributed by atoms with van der Waals surface area (Å²) in [5, 5.41) is 27.4. The van der Waals surface area contributed by atoms with Gasteiger partial charge in [0, 0.05) is 29.9 Å². The Labute approximate surface area is 182 Å². The second kappa shape index (κ2) is 9.45. The van der Waals surface area contributed by atoms with E-state index in [1.54, 1.807) is 32.2 Å². The van der Waals surface area contributed by atoms with Gasteiger partial charge in [-0.3, -0.25) is 9.59 Å². The minimum absolute atomic E-state index is 0.111. The van der Waals surface area contributed by atoms with Gasteiger partial charge < -0.3 is 26.2 Å². The quantitative estimate of drug-likeness (QED) is 0.417. The van der Waals surface area contributed by atoms with E-state index in [-0.39, 0.29) is 37.6 Å². The van der Waals surface area contributed by atoms with Crippen molar-refractivity contribution in [2.75, 3.05) is 25.1 Å². The molecule has 1 aromatic heterocycles. The van der Waals surface area contributed by atoms with Crippen LogP contribution in [0.5, 0.6) is 0 Å². The molecule has 1 aromatic carbocycles. The highest BCUT2D eigenvalue weighted by atomic mass is 16.3. The Morgan fingerprint density at radius 1 is 1.16 bits per heavy atom. The van der Waals surface area contributed by atoms with E-state index >= 15 is 0 Å². The Morgan fingerprint density at radius 2 is 1.90 bits per heavy atom. The molecule has 0 saturated heterocycles. The summed E-state index contributed by atoms with van der Waals surface area (Å²) in [4.78, 5) is 29.7. The molecule has 1 aliphatic carbocycles. The van der Waals surface area contributed by atoms with Crippen molar-refractivity contribution in [3.05, 3.63) is 47.2 Å². The molecule has 5 N–H and O–H groups in total. The number of aryl methyl sites for hydroxylation is 1. The van der Waals surface area contributed by atoms with E-state index < -0.39 is 5.54 Å². The van der Waals surface area contributed by atoms with Crippen LogP contribution in [0.25, 0.3) is 11.1 Å². The average Bonchev–Trinajstić information content (AvgIpc) is 3.56. The van der Waals surface area contributed by atoms with Crippen molar-refractivity contribution >= 4 is 17.6 Å². The smallest absolute Gasteiger partial charge is 0.255 e. The molecule has 1 fully saturated rings. The van der Waals surface area contributed by atoms with E-state index in [1.807, 2.05) is 19.1 Å². The second-order valence-corrected chi connectivity index (χ2v) is 8.54. The number of carbonyl (C=O) groups is 2.